The van der Waals surface area contributed by atoms with Crippen LogP contribution in [0, 0.1) is 0 Å². The molecule has 0 aliphatic carbocycles. The molecule has 23 heavy (non-hydrogen) atoms. The fourth-order valence-corrected chi connectivity index (χ4v) is 2.02. The van der Waals surface area contributed by atoms with E-state index in [0.29, 0.717) is 25.1 Å². The van der Waals surface area contributed by atoms with Crippen LogP contribution in [-0.2, 0) is 13.2 Å². The molecule has 5 nitrogen and oxygen atoms in total. The minimum Gasteiger partial charge on any atom is -0.473 e. The lowest BCUT2D eigenvalue weighted by molar-refractivity contribution is 0.293. The van der Waals surface area contributed by atoms with Crippen molar-refractivity contribution in [1.29, 1.82) is 0 Å². The van der Waals surface area contributed by atoms with Crippen molar-refractivity contribution in [2.45, 2.75) is 33.0 Å². The molecule has 0 radical (unpaired) electrons. The van der Waals surface area contributed by atoms with Crippen molar-refractivity contribution in [3.05, 3.63) is 59.8 Å². The number of rotatable bonds is 6. The van der Waals surface area contributed by atoms with Gasteiger partial charge in [-0.2, -0.15) is 0 Å². The molecular formula is C18H24N4O. The summed E-state index contributed by atoms with van der Waals surface area (Å²) in [6, 6.07) is 14.3. The van der Waals surface area contributed by atoms with Gasteiger partial charge in [-0.25, -0.2) is 4.98 Å². The number of benzene rings is 1. The Morgan fingerprint density at radius 2 is 1.96 bits per heavy atom. The molecule has 0 fully saturated rings. The summed E-state index contributed by atoms with van der Waals surface area (Å²) in [5.74, 6) is 1.41. The number of nitrogens with one attached hydrogen (secondary N) is 2. The number of pyridine rings is 1. The van der Waals surface area contributed by atoms with Crippen LogP contribution in [0.5, 0.6) is 5.88 Å². The molecule has 1 aromatic carbocycles. The van der Waals surface area contributed by atoms with Gasteiger partial charge in [0.1, 0.15) is 6.61 Å². The topological polar surface area (TPSA) is 58.5 Å². The summed E-state index contributed by atoms with van der Waals surface area (Å²) in [4.78, 5) is 8.44. The molecule has 1 aromatic heterocycles. The van der Waals surface area contributed by atoms with E-state index in [0.717, 1.165) is 17.1 Å². The number of hydrogen-bond donors (Lipinski definition) is 2. The summed E-state index contributed by atoms with van der Waals surface area (Å²) < 4.78 is 5.75. The van der Waals surface area contributed by atoms with Crippen LogP contribution in [0.25, 0.3) is 0 Å². The molecule has 0 aliphatic rings. The number of hydrogen-bond acceptors (Lipinski definition) is 3. The molecule has 0 saturated carbocycles. The maximum atomic E-state index is 5.75. The SMILES string of the molecule is CN=C(NCc1ccnc(OCc2ccccc2)c1)NC(C)C. The fourth-order valence-electron chi connectivity index (χ4n) is 2.02. The molecule has 0 spiro atoms. The first-order chi connectivity index (χ1) is 11.2. The van der Waals surface area contributed by atoms with Gasteiger partial charge in [0.05, 0.1) is 0 Å². The van der Waals surface area contributed by atoms with Crippen molar-refractivity contribution in [3.63, 3.8) is 0 Å². The Balaban J connectivity index is 1.89. The molecule has 1 heterocycles. The molecule has 2 N–H and O–H groups in total. The fraction of sp³-hybridized carbons (Fsp3) is 0.333. The summed E-state index contributed by atoms with van der Waals surface area (Å²) in [5.41, 5.74) is 2.22. The van der Waals surface area contributed by atoms with Crippen molar-refractivity contribution in [3.8, 4) is 5.88 Å². The maximum absolute atomic E-state index is 5.75. The van der Waals surface area contributed by atoms with Gasteiger partial charge in [0, 0.05) is 31.9 Å². The largest absolute Gasteiger partial charge is 0.473 e. The van der Waals surface area contributed by atoms with Gasteiger partial charge in [0.25, 0.3) is 0 Å². The monoisotopic (exact) mass is 312 g/mol. The lowest BCUT2D eigenvalue weighted by atomic mass is 10.2. The van der Waals surface area contributed by atoms with E-state index in [1.165, 1.54) is 0 Å². The highest BCUT2D eigenvalue weighted by molar-refractivity contribution is 5.79. The zero-order chi connectivity index (χ0) is 16.5. The van der Waals surface area contributed by atoms with Gasteiger partial charge in [-0.05, 0) is 31.0 Å². The van der Waals surface area contributed by atoms with Gasteiger partial charge in [-0.1, -0.05) is 30.3 Å². The van der Waals surface area contributed by atoms with Gasteiger partial charge >= 0.3 is 0 Å². The summed E-state index contributed by atoms with van der Waals surface area (Å²) >= 11 is 0. The molecule has 5 heteroatoms. The lowest BCUT2D eigenvalue weighted by Gasteiger charge is -2.14. The molecule has 0 saturated heterocycles. The van der Waals surface area contributed by atoms with Gasteiger partial charge in [-0.3, -0.25) is 4.99 Å². The second kappa shape index (κ2) is 8.78. The zero-order valence-electron chi connectivity index (χ0n) is 13.9. The Bertz CT molecular complexity index is 626. The molecule has 0 amide bonds. The normalized spacial score (nSPS) is 11.4. The second-order valence-corrected chi connectivity index (χ2v) is 5.50. The predicted octanol–water partition coefficient (Wildman–Crippen LogP) is 2.73. The molecule has 0 bridgehead atoms. The molecule has 2 aromatic rings. The Morgan fingerprint density at radius 1 is 1.17 bits per heavy atom. The Morgan fingerprint density at radius 3 is 2.65 bits per heavy atom. The van der Waals surface area contributed by atoms with Crippen LogP contribution in [-0.4, -0.2) is 24.0 Å². The molecule has 2 rings (SSSR count). The highest BCUT2D eigenvalue weighted by Gasteiger charge is 2.02. The van der Waals surface area contributed by atoms with Crippen molar-refractivity contribution in [1.82, 2.24) is 15.6 Å². The van der Waals surface area contributed by atoms with Gasteiger partial charge in [0.2, 0.25) is 5.88 Å². The first-order valence-electron chi connectivity index (χ1n) is 7.76. The Hall–Kier alpha value is -2.56. The predicted molar refractivity (Wildman–Crippen MR) is 93.5 cm³/mol. The van der Waals surface area contributed by atoms with E-state index >= 15 is 0 Å². The Kier molecular flexibility index (Phi) is 6.41. The minimum atomic E-state index is 0.336. The van der Waals surface area contributed by atoms with Gasteiger partial charge < -0.3 is 15.4 Å². The summed E-state index contributed by atoms with van der Waals surface area (Å²) in [7, 11) is 1.76. The van der Waals surface area contributed by atoms with Crippen LogP contribution in [0.4, 0.5) is 0 Å². The number of nitrogens with zero attached hydrogens (tertiary/aromatic N) is 2. The van der Waals surface area contributed by atoms with E-state index in [9.17, 15) is 0 Å². The average Bonchev–Trinajstić information content (AvgIpc) is 2.58. The standard InChI is InChI=1S/C18H24N4O/c1-14(2)22-18(19-3)21-12-16-9-10-20-17(11-16)23-13-15-7-5-4-6-8-15/h4-11,14H,12-13H2,1-3H3,(H2,19,21,22). The van der Waals surface area contributed by atoms with E-state index in [2.05, 4.69) is 34.5 Å². The summed E-state index contributed by atoms with van der Waals surface area (Å²) in [6.45, 7) is 5.33. The summed E-state index contributed by atoms with van der Waals surface area (Å²) in [6.07, 6.45) is 1.76. The zero-order valence-corrected chi connectivity index (χ0v) is 13.9. The number of aromatic nitrogens is 1. The lowest BCUT2D eigenvalue weighted by Crippen LogP contribution is -2.40. The van der Waals surface area contributed by atoms with Crippen molar-refractivity contribution in [2.24, 2.45) is 4.99 Å². The van der Waals surface area contributed by atoms with E-state index in [1.807, 2.05) is 42.5 Å². The highest BCUT2D eigenvalue weighted by Crippen LogP contribution is 2.11. The number of ether oxygens (including phenoxy) is 1. The molecular weight excluding hydrogens is 288 g/mol. The van der Waals surface area contributed by atoms with Gasteiger partial charge in [0.15, 0.2) is 5.96 Å². The third-order valence-corrected chi connectivity index (χ3v) is 3.14. The number of guanidine groups is 1. The number of aliphatic imine (C=N–C) groups is 1. The van der Waals surface area contributed by atoms with E-state index in [4.69, 9.17) is 4.74 Å². The van der Waals surface area contributed by atoms with Crippen LogP contribution < -0.4 is 15.4 Å². The van der Waals surface area contributed by atoms with Crippen LogP contribution in [0.3, 0.4) is 0 Å². The highest BCUT2D eigenvalue weighted by atomic mass is 16.5. The quantitative estimate of drug-likeness (QED) is 0.636. The third kappa shape index (κ3) is 5.98. The van der Waals surface area contributed by atoms with E-state index < -0.39 is 0 Å². The van der Waals surface area contributed by atoms with Crippen molar-refractivity contribution >= 4 is 5.96 Å². The minimum absolute atomic E-state index is 0.336. The third-order valence-electron chi connectivity index (χ3n) is 3.14. The molecule has 122 valence electrons. The first-order valence-corrected chi connectivity index (χ1v) is 7.76. The molecule has 0 unspecified atom stereocenters. The van der Waals surface area contributed by atoms with Crippen LogP contribution in [0.15, 0.2) is 53.7 Å². The molecule has 0 aliphatic heterocycles. The Labute approximate surface area is 137 Å². The smallest absolute Gasteiger partial charge is 0.213 e. The molecule has 0 atom stereocenters. The van der Waals surface area contributed by atoms with E-state index in [-0.39, 0.29) is 0 Å². The second-order valence-electron chi connectivity index (χ2n) is 5.50. The summed E-state index contributed by atoms with van der Waals surface area (Å²) in [5, 5.41) is 6.53. The average molecular weight is 312 g/mol. The van der Waals surface area contributed by atoms with Gasteiger partial charge in [-0.15, -0.1) is 0 Å². The van der Waals surface area contributed by atoms with Crippen molar-refractivity contribution in [2.75, 3.05) is 7.05 Å². The van der Waals surface area contributed by atoms with E-state index in [1.54, 1.807) is 13.2 Å². The van der Waals surface area contributed by atoms with Crippen LogP contribution in [0.1, 0.15) is 25.0 Å². The van der Waals surface area contributed by atoms with Crippen LogP contribution in [0.2, 0.25) is 0 Å². The first kappa shape index (κ1) is 16.8. The van der Waals surface area contributed by atoms with Crippen LogP contribution >= 0.6 is 0 Å². The maximum Gasteiger partial charge on any atom is 0.213 e. The van der Waals surface area contributed by atoms with Crippen molar-refractivity contribution < 1.29 is 4.74 Å².